The minimum atomic E-state index is -0.986. The minimum absolute atomic E-state index is 0.0744. The molecule has 2 aromatic rings. The summed E-state index contributed by atoms with van der Waals surface area (Å²) in [5.41, 5.74) is 0.688. The van der Waals surface area contributed by atoms with Gasteiger partial charge in [-0.2, -0.15) is 0 Å². The van der Waals surface area contributed by atoms with Crippen LogP contribution in [0, 0.1) is 0 Å². The van der Waals surface area contributed by atoms with E-state index in [-0.39, 0.29) is 12.4 Å². The van der Waals surface area contributed by atoms with Gasteiger partial charge in [-0.05, 0) is 24.6 Å². The molecule has 4 heteroatoms. The number of carbonyl (C=O) groups excluding carboxylic acids is 2. The Kier molecular flexibility index (Phi) is 3.67. The van der Waals surface area contributed by atoms with Crippen molar-refractivity contribution in [2.24, 2.45) is 0 Å². The van der Waals surface area contributed by atoms with Gasteiger partial charge in [0.05, 0.1) is 0 Å². The molecule has 1 saturated heterocycles. The molecule has 3 rings (SSSR count). The van der Waals surface area contributed by atoms with Crippen LogP contribution in [0.2, 0.25) is 0 Å². The molecule has 0 unspecified atom stereocenters. The molecule has 0 spiro atoms. The van der Waals surface area contributed by atoms with Crippen LogP contribution in [0.15, 0.2) is 60.7 Å². The summed E-state index contributed by atoms with van der Waals surface area (Å²) in [5.74, 6) is -0.0777. The van der Waals surface area contributed by atoms with Crippen LogP contribution in [0.4, 0.5) is 10.5 Å². The van der Waals surface area contributed by atoms with Crippen LogP contribution in [0.3, 0.4) is 0 Å². The Hall–Kier alpha value is -2.62. The Balaban J connectivity index is 2.05. The Morgan fingerprint density at radius 2 is 1.68 bits per heavy atom. The highest BCUT2D eigenvalue weighted by Crippen LogP contribution is 2.34. The monoisotopic (exact) mass is 295 g/mol. The number of hydrogen-bond donors (Lipinski definition) is 0. The standard InChI is InChI=1S/C18H17NO3/c1-14(20)18(12-15-8-4-2-5-9-15)13-22-17(21)19(18)16-10-6-3-7-11-16/h2-11H,12-13H2,1H3/t18-/m0/s1. The predicted molar refractivity (Wildman–Crippen MR) is 83.8 cm³/mol. The highest BCUT2D eigenvalue weighted by atomic mass is 16.6. The third-order valence-electron chi connectivity index (χ3n) is 4.05. The van der Waals surface area contributed by atoms with Crippen LogP contribution < -0.4 is 4.90 Å². The Labute approximate surface area is 129 Å². The fourth-order valence-electron chi connectivity index (χ4n) is 2.86. The molecule has 22 heavy (non-hydrogen) atoms. The molecule has 1 aliphatic rings. The molecule has 1 aliphatic heterocycles. The average Bonchev–Trinajstić information content (AvgIpc) is 2.87. The van der Waals surface area contributed by atoms with Crippen molar-refractivity contribution < 1.29 is 14.3 Å². The van der Waals surface area contributed by atoms with Gasteiger partial charge in [0.15, 0.2) is 5.78 Å². The summed E-state index contributed by atoms with van der Waals surface area (Å²) in [7, 11) is 0. The highest BCUT2D eigenvalue weighted by molar-refractivity contribution is 6.03. The molecule has 0 radical (unpaired) electrons. The number of benzene rings is 2. The summed E-state index contributed by atoms with van der Waals surface area (Å²) in [6, 6.07) is 18.9. The number of rotatable bonds is 4. The zero-order valence-electron chi connectivity index (χ0n) is 12.4. The smallest absolute Gasteiger partial charge is 0.415 e. The number of nitrogens with zero attached hydrogens (tertiary/aromatic N) is 1. The van der Waals surface area contributed by atoms with Crippen LogP contribution >= 0.6 is 0 Å². The van der Waals surface area contributed by atoms with Gasteiger partial charge in [0.1, 0.15) is 12.1 Å². The van der Waals surface area contributed by atoms with Crippen molar-refractivity contribution in [3.8, 4) is 0 Å². The first-order valence-corrected chi connectivity index (χ1v) is 7.20. The van der Waals surface area contributed by atoms with Crippen LogP contribution in [-0.4, -0.2) is 24.0 Å². The fourth-order valence-corrected chi connectivity index (χ4v) is 2.86. The molecule has 2 aromatic carbocycles. The molecule has 0 aliphatic carbocycles. The number of ketones is 1. The average molecular weight is 295 g/mol. The second-order valence-corrected chi connectivity index (χ2v) is 5.48. The maximum absolute atomic E-state index is 12.4. The van der Waals surface area contributed by atoms with Crippen molar-refractivity contribution >= 4 is 17.6 Å². The van der Waals surface area contributed by atoms with E-state index in [4.69, 9.17) is 4.74 Å². The van der Waals surface area contributed by atoms with Crippen molar-refractivity contribution in [3.63, 3.8) is 0 Å². The molecular formula is C18H17NO3. The summed E-state index contributed by atoms with van der Waals surface area (Å²) in [4.78, 5) is 26.2. The fraction of sp³-hybridized carbons (Fsp3) is 0.222. The second kappa shape index (κ2) is 5.64. The van der Waals surface area contributed by atoms with E-state index in [0.717, 1.165) is 5.56 Å². The quantitative estimate of drug-likeness (QED) is 0.870. The predicted octanol–water partition coefficient (Wildman–Crippen LogP) is 3.21. The van der Waals surface area contributed by atoms with E-state index in [1.54, 1.807) is 0 Å². The van der Waals surface area contributed by atoms with Gasteiger partial charge in [-0.15, -0.1) is 0 Å². The van der Waals surface area contributed by atoms with E-state index in [1.807, 2.05) is 60.7 Å². The van der Waals surface area contributed by atoms with Gasteiger partial charge in [0, 0.05) is 12.1 Å². The van der Waals surface area contributed by atoms with Crippen molar-refractivity contribution in [2.75, 3.05) is 11.5 Å². The SMILES string of the molecule is CC(=O)[C@]1(Cc2ccccc2)COC(=O)N1c1ccccc1. The Morgan fingerprint density at radius 1 is 1.09 bits per heavy atom. The van der Waals surface area contributed by atoms with Crippen molar-refractivity contribution in [3.05, 3.63) is 66.2 Å². The van der Waals surface area contributed by atoms with E-state index in [1.165, 1.54) is 11.8 Å². The number of carbonyl (C=O) groups is 2. The molecule has 1 amide bonds. The maximum atomic E-state index is 12.4. The number of cyclic esters (lactones) is 1. The molecule has 0 saturated carbocycles. The summed E-state index contributed by atoms with van der Waals surface area (Å²) >= 11 is 0. The number of Topliss-reactive ketones (excluding diaryl/α,β-unsaturated/α-hetero) is 1. The summed E-state index contributed by atoms with van der Waals surface area (Å²) in [6.45, 7) is 1.59. The second-order valence-electron chi connectivity index (χ2n) is 5.48. The van der Waals surface area contributed by atoms with E-state index in [2.05, 4.69) is 0 Å². The van der Waals surface area contributed by atoms with E-state index in [0.29, 0.717) is 12.1 Å². The molecule has 0 aromatic heterocycles. The van der Waals surface area contributed by atoms with Crippen molar-refractivity contribution in [1.82, 2.24) is 0 Å². The molecule has 0 bridgehead atoms. The molecular weight excluding hydrogens is 278 g/mol. The lowest BCUT2D eigenvalue weighted by atomic mass is 9.86. The maximum Gasteiger partial charge on any atom is 0.415 e. The Morgan fingerprint density at radius 3 is 2.27 bits per heavy atom. The van der Waals surface area contributed by atoms with Gasteiger partial charge >= 0.3 is 6.09 Å². The van der Waals surface area contributed by atoms with E-state index < -0.39 is 11.6 Å². The minimum Gasteiger partial charge on any atom is -0.446 e. The van der Waals surface area contributed by atoms with Gasteiger partial charge < -0.3 is 4.74 Å². The third-order valence-corrected chi connectivity index (χ3v) is 4.05. The van der Waals surface area contributed by atoms with Crippen molar-refractivity contribution in [2.45, 2.75) is 18.9 Å². The van der Waals surface area contributed by atoms with Gasteiger partial charge in [-0.3, -0.25) is 9.69 Å². The number of ether oxygens (including phenoxy) is 1. The van der Waals surface area contributed by atoms with Gasteiger partial charge in [0.25, 0.3) is 0 Å². The third kappa shape index (κ3) is 2.37. The van der Waals surface area contributed by atoms with E-state index in [9.17, 15) is 9.59 Å². The summed E-state index contributed by atoms with van der Waals surface area (Å²) < 4.78 is 5.24. The van der Waals surface area contributed by atoms with Crippen LogP contribution in [0.1, 0.15) is 12.5 Å². The van der Waals surface area contributed by atoms with Crippen LogP contribution in [0.25, 0.3) is 0 Å². The molecule has 112 valence electrons. The summed E-state index contributed by atoms with van der Waals surface area (Å²) in [5, 5.41) is 0. The van der Waals surface area contributed by atoms with Gasteiger partial charge in [-0.1, -0.05) is 48.5 Å². The molecule has 4 nitrogen and oxygen atoms in total. The van der Waals surface area contributed by atoms with Crippen LogP contribution in [-0.2, 0) is 16.0 Å². The van der Waals surface area contributed by atoms with Gasteiger partial charge in [0.2, 0.25) is 0 Å². The van der Waals surface area contributed by atoms with Crippen molar-refractivity contribution in [1.29, 1.82) is 0 Å². The van der Waals surface area contributed by atoms with Gasteiger partial charge in [-0.25, -0.2) is 4.79 Å². The molecule has 1 atom stereocenters. The molecule has 0 N–H and O–H groups in total. The summed E-state index contributed by atoms with van der Waals surface area (Å²) in [6.07, 6.45) is -0.0404. The number of hydrogen-bond acceptors (Lipinski definition) is 3. The topological polar surface area (TPSA) is 46.6 Å². The van der Waals surface area contributed by atoms with Crippen LogP contribution in [0.5, 0.6) is 0 Å². The lowest BCUT2D eigenvalue weighted by molar-refractivity contribution is -0.122. The number of para-hydroxylation sites is 1. The number of anilines is 1. The lowest BCUT2D eigenvalue weighted by Crippen LogP contribution is -2.54. The first-order valence-electron chi connectivity index (χ1n) is 7.20. The first-order chi connectivity index (χ1) is 10.6. The number of amides is 1. The first kappa shape index (κ1) is 14.3. The molecule has 1 fully saturated rings. The normalized spacial score (nSPS) is 20.8. The highest BCUT2D eigenvalue weighted by Gasteiger charge is 2.52. The van der Waals surface area contributed by atoms with E-state index >= 15 is 0 Å². The lowest BCUT2D eigenvalue weighted by Gasteiger charge is -2.33. The zero-order valence-corrected chi connectivity index (χ0v) is 12.4. The zero-order chi connectivity index (χ0) is 15.6. The largest absolute Gasteiger partial charge is 0.446 e. The molecule has 1 heterocycles. The Bertz CT molecular complexity index is 684.